The Morgan fingerprint density at radius 2 is 1.72 bits per heavy atom. The van der Waals surface area contributed by atoms with Crippen LogP contribution in [0.25, 0.3) is 0 Å². The van der Waals surface area contributed by atoms with Crippen molar-refractivity contribution in [2.24, 2.45) is 5.92 Å². The van der Waals surface area contributed by atoms with Crippen LogP contribution in [-0.2, 0) is 4.79 Å². The van der Waals surface area contributed by atoms with Crippen molar-refractivity contribution in [3.63, 3.8) is 0 Å². The fraction of sp³-hybridized carbons (Fsp3) is 0.368. The van der Waals surface area contributed by atoms with Crippen LogP contribution < -0.4 is 0 Å². The van der Waals surface area contributed by atoms with Crippen LogP contribution in [0.2, 0.25) is 5.02 Å². The van der Waals surface area contributed by atoms with Crippen LogP contribution in [0.5, 0.6) is 0 Å². The third-order valence-electron chi connectivity index (χ3n) is 5.00. The first kappa shape index (κ1) is 16.6. The summed E-state index contributed by atoms with van der Waals surface area (Å²) in [7, 11) is 0. The molecule has 4 nitrogen and oxygen atoms in total. The SMILES string of the molecule is O=C(c1ccccc1Cl)N1CCN(C(=O)C2CC2c2cccs2)CC1. The average Bonchev–Trinajstić information content (AvgIpc) is 3.25. The van der Waals surface area contributed by atoms with E-state index in [4.69, 9.17) is 11.6 Å². The molecular weight excluding hydrogens is 356 g/mol. The molecule has 2 unspecified atom stereocenters. The summed E-state index contributed by atoms with van der Waals surface area (Å²) in [5.41, 5.74) is 0.531. The maximum Gasteiger partial charge on any atom is 0.255 e. The fourth-order valence-electron chi connectivity index (χ4n) is 3.45. The standard InChI is InChI=1S/C19H19ClN2O2S/c20-16-5-2-1-4-13(16)18(23)21-7-9-22(10-8-21)19(24)15-12-14(15)17-6-3-11-25-17/h1-6,11,14-15H,7-10,12H2. The van der Waals surface area contributed by atoms with Crippen LogP contribution in [0.15, 0.2) is 41.8 Å². The number of carbonyl (C=O) groups excluding carboxylic acids is 2. The summed E-state index contributed by atoms with van der Waals surface area (Å²) in [6.45, 7) is 2.32. The van der Waals surface area contributed by atoms with E-state index in [0.29, 0.717) is 42.7 Å². The fourth-order valence-corrected chi connectivity index (χ4v) is 4.58. The Balaban J connectivity index is 1.34. The molecule has 25 heavy (non-hydrogen) atoms. The van der Waals surface area contributed by atoms with Crippen LogP contribution in [0, 0.1) is 5.92 Å². The highest BCUT2D eigenvalue weighted by molar-refractivity contribution is 7.10. The van der Waals surface area contributed by atoms with Crippen molar-refractivity contribution in [1.82, 2.24) is 9.80 Å². The molecule has 0 radical (unpaired) electrons. The molecule has 1 saturated heterocycles. The van der Waals surface area contributed by atoms with Crippen molar-refractivity contribution in [2.45, 2.75) is 12.3 Å². The van der Waals surface area contributed by atoms with Crippen molar-refractivity contribution in [1.29, 1.82) is 0 Å². The Morgan fingerprint density at radius 1 is 1.00 bits per heavy atom. The molecule has 2 amide bonds. The van der Waals surface area contributed by atoms with E-state index in [1.165, 1.54) is 4.88 Å². The molecule has 0 bridgehead atoms. The van der Waals surface area contributed by atoms with E-state index in [0.717, 1.165) is 6.42 Å². The lowest BCUT2D eigenvalue weighted by molar-refractivity contribution is -0.134. The van der Waals surface area contributed by atoms with Gasteiger partial charge in [-0.15, -0.1) is 11.3 Å². The zero-order valence-electron chi connectivity index (χ0n) is 13.7. The van der Waals surface area contributed by atoms with Gasteiger partial charge in [0.05, 0.1) is 10.6 Å². The monoisotopic (exact) mass is 374 g/mol. The van der Waals surface area contributed by atoms with Gasteiger partial charge in [0.1, 0.15) is 0 Å². The van der Waals surface area contributed by atoms with E-state index >= 15 is 0 Å². The van der Waals surface area contributed by atoms with Gasteiger partial charge in [0.15, 0.2) is 0 Å². The maximum absolute atomic E-state index is 12.7. The summed E-state index contributed by atoms with van der Waals surface area (Å²) in [5, 5.41) is 2.54. The molecule has 6 heteroatoms. The largest absolute Gasteiger partial charge is 0.339 e. The second-order valence-electron chi connectivity index (χ2n) is 6.56. The van der Waals surface area contributed by atoms with Crippen LogP contribution in [0.1, 0.15) is 27.6 Å². The van der Waals surface area contributed by atoms with Crippen LogP contribution in [0.3, 0.4) is 0 Å². The van der Waals surface area contributed by atoms with Gasteiger partial charge < -0.3 is 9.80 Å². The number of amides is 2. The van der Waals surface area contributed by atoms with E-state index in [1.54, 1.807) is 28.4 Å². The summed E-state index contributed by atoms with van der Waals surface area (Å²) >= 11 is 7.85. The highest BCUT2D eigenvalue weighted by atomic mass is 35.5. The molecule has 1 aromatic heterocycles. The molecule has 0 N–H and O–H groups in total. The number of halogens is 1. The number of nitrogens with zero attached hydrogens (tertiary/aromatic N) is 2. The van der Waals surface area contributed by atoms with Crippen molar-refractivity contribution >= 4 is 34.8 Å². The molecule has 1 aromatic carbocycles. The highest BCUT2D eigenvalue weighted by Crippen LogP contribution is 2.50. The molecule has 2 aliphatic rings. The van der Waals surface area contributed by atoms with Gasteiger partial charge in [-0.2, -0.15) is 0 Å². The first-order chi connectivity index (χ1) is 12.1. The Labute approximate surface area is 156 Å². The van der Waals surface area contributed by atoms with Crippen LogP contribution in [0.4, 0.5) is 0 Å². The number of rotatable bonds is 3. The van der Waals surface area contributed by atoms with Gasteiger partial charge >= 0.3 is 0 Å². The number of carbonyl (C=O) groups is 2. The number of piperazine rings is 1. The second-order valence-corrected chi connectivity index (χ2v) is 7.95. The number of hydrogen-bond acceptors (Lipinski definition) is 3. The number of thiophene rings is 1. The van der Waals surface area contributed by atoms with E-state index in [2.05, 4.69) is 11.4 Å². The minimum absolute atomic E-state index is 0.0550. The maximum atomic E-state index is 12.7. The molecular formula is C19H19ClN2O2S. The Bertz CT molecular complexity index is 784. The Morgan fingerprint density at radius 3 is 2.40 bits per heavy atom. The highest BCUT2D eigenvalue weighted by Gasteiger charge is 2.46. The molecule has 130 valence electrons. The van der Waals surface area contributed by atoms with Crippen molar-refractivity contribution < 1.29 is 9.59 Å². The molecule has 4 rings (SSSR count). The lowest BCUT2D eigenvalue weighted by atomic mass is 10.1. The summed E-state index contributed by atoms with van der Waals surface area (Å²) in [5.74, 6) is 0.712. The molecule has 1 aliphatic heterocycles. The van der Waals surface area contributed by atoms with Gasteiger partial charge in [0.25, 0.3) is 5.91 Å². The third-order valence-corrected chi connectivity index (χ3v) is 6.33. The zero-order valence-corrected chi connectivity index (χ0v) is 15.3. The summed E-state index contributed by atoms with van der Waals surface area (Å²) in [6, 6.07) is 11.3. The molecule has 1 aliphatic carbocycles. The average molecular weight is 375 g/mol. The zero-order chi connectivity index (χ0) is 17.4. The molecule has 2 aromatic rings. The van der Waals surface area contributed by atoms with E-state index in [-0.39, 0.29) is 17.7 Å². The molecule has 2 fully saturated rings. The number of benzene rings is 1. The van der Waals surface area contributed by atoms with Crippen molar-refractivity contribution in [3.8, 4) is 0 Å². The Hall–Kier alpha value is -1.85. The summed E-state index contributed by atoms with van der Waals surface area (Å²) < 4.78 is 0. The number of hydrogen-bond donors (Lipinski definition) is 0. The van der Waals surface area contributed by atoms with Gasteiger partial charge in [0, 0.05) is 42.9 Å². The van der Waals surface area contributed by atoms with Crippen LogP contribution in [-0.4, -0.2) is 47.8 Å². The topological polar surface area (TPSA) is 40.6 Å². The van der Waals surface area contributed by atoms with E-state index < -0.39 is 0 Å². The van der Waals surface area contributed by atoms with Gasteiger partial charge in [0.2, 0.25) is 5.91 Å². The van der Waals surface area contributed by atoms with E-state index in [9.17, 15) is 9.59 Å². The molecule has 2 atom stereocenters. The van der Waals surface area contributed by atoms with Gasteiger partial charge in [-0.3, -0.25) is 9.59 Å². The molecule has 1 saturated carbocycles. The van der Waals surface area contributed by atoms with E-state index in [1.807, 2.05) is 23.1 Å². The van der Waals surface area contributed by atoms with Gasteiger partial charge in [-0.1, -0.05) is 29.8 Å². The first-order valence-electron chi connectivity index (χ1n) is 8.51. The first-order valence-corrected chi connectivity index (χ1v) is 9.77. The predicted octanol–water partition coefficient (Wildman–Crippen LogP) is 3.49. The molecule has 0 spiro atoms. The smallest absolute Gasteiger partial charge is 0.255 e. The predicted molar refractivity (Wildman–Crippen MR) is 99.1 cm³/mol. The normalized spacial score (nSPS) is 22.8. The summed E-state index contributed by atoms with van der Waals surface area (Å²) in [6.07, 6.45) is 0.956. The lowest BCUT2D eigenvalue weighted by Crippen LogP contribution is -2.51. The Kier molecular flexibility index (Phi) is 4.52. The second kappa shape index (κ2) is 6.81. The quantitative estimate of drug-likeness (QED) is 0.825. The molecule has 2 heterocycles. The van der Waals surface area contributed by atoms with Gasteiger partial charge in [-0.25, -0.2) is 0 Å². The lowest BCUT2D eigenvalue weighted by Gasteiger charge is -2.35. The van der Waals surface area contributed by atoms with Crippen LogP contribution >= 0.6 is 22.9 Å². The van der Waals surface area contributed by atoms with Gasteiger partial charge in [-0.05, 0) is 30.0 Å². The minimum atomic E-state index is -0.0550. The third kappa shape index (κ3) is 3.31. The van der Waals surface area contributed by atoms with Crippen molar-refractivity contribution in [3.05, 3.63) is 57.2 Å². The van der Waals surface area contributed by atoms with Crippen molar-refractivity contribution in [2.75, 3.05) is 26.2 Å². The minimum Gasteiger partial charge on any atom is -0.339 e. The summed E-state index contributed by atoms with van der Waals surface area (Å²) in [4.78, 5) is 30.3.